The predicted molar refractivity (Wildman–Crippen MR) is 103 cm³/mol. The van der Waals surface area contributed by atoms with E-state index in [0.29, 0.717) is 12.3 Å². The minimum absolute atomic E-state index is 0.146. The highest BCUT2D eigenvalue weighted by atomic mass is 16.2. The first-order valence-electron chi connectivity index (χ1n) is 10.2. The number of rotatable bonds is 4. The van der Waals surface area contributed by atoms with Crippen molar-refractivity contribution in [2.75, 3.05) is 39.8 Å². The van der Waals surface area contributed by atoms with Crippen molar-refractivity contribution in [1.29, 1.82) is 0 Å². The number of aromatic nitrogens is 1. The molecule has 1 amide bonds. The number of pyridine rings is 1. The van der Waals surface area contributed by atoms with Crippen LogP contribution in [0.1, 0.15) is 43.2 Å². The van der Waals surface area contributed by atoms with Gasteiger partial charge in [0, 0.05) is 63.6 Å². The standard InChI is InChI=1S/C21H32N4O/c1-17-13-22-9-6-19(17)15-24-12-11-23(2)21(16-24)7-5-20(26)25(10-8-21)14-18-3-4-18/h6,9,13,18H,3-5,7-8,10-12,14-16H2,1-2H3/t21-/m0/s1. The van der Waals surface area contributed by atoms with E-state index in [2.05, 4.69) is 39.7 Å². The molecule has 5 nitrogen and oxygen atoms in total. The Kier molecular flexibility index (Phi) is 5.02. The molecule has 1 atom stereocenters. The van der Waals surface area contributed by atoms with Crippen LogP contribution >= 0.6 is 0 Å². The average molecular weight is 357 g/mol. The molecular weight excluding hydrogens is 324 g/mol. The van der Waals surface area contributed by atoms with Crippen molar-refractivity contribution in [3.05, 3.63) is 29.6 Å². The molecule has 2 saturated heterocycles. The fourth-order valence-corrected chi connectivity index (χ4v) is 4.64. The zero-order valence-electron chi connectivity index (χ0n) is 16.3. The maximum atomic E-state index is 12.6. The number of aryl methyl sites for hydroxylation is 1. The van der Waals surface area contributed by atoms with Crippen molar-refractivity contribution < 1.29 is 4.79 Å². The number of piperazine rings is 1. The van der Waals surface area contributed by atoms with Crippen molar-refractivity contribution in [2.45, 2.75) is 51.1 Å². The number of likely N-dealkylation sites (N-methyl/N-ethyl adjacent to an activating group) is 1. The summed E-state index contributed by atoms with van der Waals surface area (Å²) in [6.45, 7) is 8.31. The van der Waals surface area contributed by atoms with E-state index >= 15 is 0 Å². The highest BCUT2D eigenvalue weighted by Gasteiger charge is 2.42. The van der Waals surface area contributed by atoms with Gasteiger partial charge in [0.05, 0.1) is 0 Å². The third kappa shape index (κ3) is 3.79. The Hall–Kier alpha value is -1.46. The first-order valence-corrected chi connectivity index (χ1v) is 10.2. The smallest absolute Gasteiger partial charge is 0.222 e. The summed E-state index contributed by atoms with van der Waals surface area (Å²) < 4.78 is 0. The minimum Gasteiger partial charge on any atom is -0.342 e. The number of nitrogens with zero attached hydrogens (tertiary/aromatic N) is 4. The Labute approximate surface area is 157 Å². The molecule has 142 valence electrons. The second kappa shape index (κ2) is 7.28. The first kappa shape index (κ1) is 17.9. The molecule has 26 heavy (non-hydrogen) atoms. The van der Waals surface area contributed by atoms with Crippen molar-refractivity contribution in [3.8, 4) is 0 Å². The van der Waals surface area contributed by atoms with Crippen LogP contribution in [0.5, 0.6) is 0 Å². The van der Waals surface area contributed by atoms with Gasteiger partial charge in [-0.1, -0.05) is 0 Å². The summed E-state index contributed by atoms with van der Waals surface area (Å²) in [5.41, 5.74) is 2.79. The molecule has 0 radical (unpaired) electrons. The normalized spacial score (nSPS) is 28.5. The number of likely N-dealkylation sites (tertiary alicyclic amines) is 1. The summed E-state index contributed by atoms with van der Waals surface area (Å²) in [6.07, 6.45) is 9.29. The fraction of sp³-hybridized carbons (Fsp3) is 0.714. The largest absolute Gasteiger partial charge is 0.342 e. The third-order valence-corrected chi connectivity index (χ3v) is 6.79. The van der Waals surface area contributed by atoms with Gasteiger partial charge >= 0.3 is 0 Å². The summed E-state index contributed by atoms with van der Waals surface area (Å²) >= 11 is 0. The molecule has 1 aromatic rings. The van der Waals surface area contributed by atoms with E-state index in [1.54, 1.807) is 0 Å². The Morgan fingerprint density at radius 1 is 1.23 bits per heavy atom. The molecule has 0 bridgehead atoms. The monoisotopic (exact) mass is 356 g/mol. The Balaban J connectivity index is 1.45. The molecule has 0 aromatic carbocycles. The van der Waals surface area contributed by atoms with Crippen LogP contribution in [-0.4, -0.2) is 70.9 Å². The second-order valence-corrected chi connectivity index (χ2v) is 8.69. The molecule has 2 aliphatic heterocycles. The number of amides is 1. The predicted octanol–water partition coefficient (Wildman–Crippen LogP) is 2.30. The third-order valence-electron chi connectivity index (χ3n) is 6.79. The number of hydrogen-bond donors (Lipinski definition) is 0. The van der Waals surface area contributed by atoms with Crippen molar-refractivity contribution in [3.63, 3.8) is 0 Å². The van der Waals surface area contributed by atoms with Crippen molar-refractivity contribution in [2.24, 2.45) is 5.92 Å². The van der Waals surface area contributed by atoms with Gasteiger partial charge in [-0.05, 0) is 62.8 Å². The Morgan fingerprint density at radius 2 is 2.08 bits per heavy atom. The maximum Gasteiger partial charge on any atom is 0.222 e. The second-order valence-electron chi connectivity index (χ2n) is 8.69. The van der Waals surface area contributed by atoms with Crippen LogP contribution in [0.15, 0.2) is 18.5 Å². The van der Waals surface area contributed by atoms with Gasteiger partial charge in [-0.2, -0.15) is 0 Å². The lowest BCUT2D eigenvalue weighted by molar-refractivity contribution is -0.131. The summed E-state index contributed by atoms with van der Waals surface area (Å²) in [5, 5.41) is 0. The van der Waals surface area contributed by atoms with Gasteiger partial charge in [0.2, 0.25) is 5.91 Å². The maximum absolute atomic E-state index is 12.6. The summed E-state index contributed by atoms with van der Waals surface area (Å²) in [7, 11) is 2.26. The molecule has 3 aliphatic rings. The lowest BCUT2D eigenvalue weighted by Gasteiger charge is -2.49. The van der Waals surface area contributed by atoms with E-state index in [4.69, 9.17) is 0 Å². The summed E-state index contributed by atoms with van der Waals surface area (Å²) in [6, 6.07) is 2.15. The molecule has 4 rings (SSSR count). The number of carbonyl (C=O) groups is 1. The van der Waals surface area contributed by atoms with E-state index in [1.165, 1.54) is 24.0 Å². The van der Waals surface area contributed by atoms with Gasteiger partial charge in [0.15, 0.2) is 0 Å². The van der Waals surface area contributed by atoms with Crippen LogP contribution in [0.2, 0.25) is 0 Å². The summed E-state index contributed by atoms with van der Waals surface area (Å²) in [5.74, 6) is 1.16. The van der Waals surface area contributed by atoms with Gasteiger partial charge in [0.1, 0.15) is 0 Å². The average Bonchev–Trinajstić information content (AvgIpc) is 3.46. The van der Waals surface area contributed by atoms with E-state index in [0.717, 1.165) is 58.0 Å². The first-order chi connectivity index (χ1) is 12.6. The molecule has 1 aliphatic carbocycles. The molecule has 1 saturated carbocycles. The topological polar surface area (TPSA) is 39.7 Å². The minimum atomic E-state index is 0.146. The number of carbonyl (C=O) groups excluding carboxylic acids is 1. The van der Waals surface area contributed by atoms with Gasteiger partial charge in [-0.15, -0.1) is 0 Å². The molecule has 3 heterocycles. The lowest BCUT2D eigenvalue weighted by atomic mass is 9.86. The quantitative estimate of drug-likeness (QED) is 0.830. The van der Waals surface area contributed by atoms with E-state index in [-0.39, 0.29) is 5.54 Å². The zero-order valence-corrected chi connectivity index (χ0v) is 16.3. The molecule has 0 N–H and O–H groups in total. The fourth-order valence-electron chi connectivity index (χ4n) is 4.64. The highest BCUT2D eigenvalue weighted by molar-refractivity contribution is 5.76. The van der Waals surface area contributed by atoms with Gasteiger partial charge in [0.25, 0.3) is 0 Å². The molecule has 5 heteroatoms. The van der Waals surface area contributed by atoms with Crippen LogP contribution in [0, 0.1) is 12.8 Å². The van der Waals surface area contributed by atoms with Gasteiger partial charge in [-0.25, -0.2) is 0 Å². The van der Waals surface area contributed by atoms with Crippen molar-refractivity contribution >= 4 is 5.91 Å². The van der Waals surface area contributed by atoms with Gasteiger partial charge in [-0.3, -0.25) is 19.6 Å². The van der Waals surface area contributed by atoms with Crippen LogP contribution in [-0.2, 0) is 11.3 Å². The van der Waals surface area contributed by atoms with Crippen LogP contribution < -0.4 is 0 Å². The SMILES string of the molecule is Cc1cnccc1CN1CCN(C)[C@]2(CCC(=O)N(CC3CC3)CC2)C1. The molecule has 0 unspecified atom stereocenters. The zero-order chi connectivity index (χ0) is 18.1. The van der Waals surface area contributed by atoms with Crippen LogP contribution in [0.4, 0.5) is 0 Å². The lowest BCUT2D eigenvalue weighted by Crippen LogP contribution is -2.60. The van der Waals surface area contributed by atoms with Crippen LogP contribution in [0.3, 0.4) is 0 Å². The van der Waals surface area contributed by atoms with Gasteiger partial charge < -0.3 is 4.90 Å². The van der Waals surface area contributed by atoms with E-state index in [1.807, 2.05) is 12.4 Å². The van der Waals surface area contributed by atoms with E-state index in [9.17, 15) is 4.79 Å². The highest BCUT2D eigenvalue weighted by Crippen LogP contribution is 2.35. The van der Waals surface area contributed by atoms with Crippen LogP contribution in [0.25, 0.3) is 0 Å². The molecule has 1 spiro atoms. The van der Waals surface area contributed by atoms with E-state index < -0.39 is 0 Å². The molecule has 3 fully saturated rings. The number of hydrogen-bond acceptors (Lipinski definition) is 4. The molecular formula is C21H32N4O. The Morgan fingerprint density at radius 3 is 2.85 bits per heavy atom. The summed E-state index contributed by atoms with van der Waals surface area (Å²) in [4.78, 5) is 24.1. The van der Waals surface area contributed by atoms with Crippen molar-refractivity contribution in [1.82, 2.24) is 19.7 Å². The Bertz CT molecular complexity index is 659. The molecule has 1 aromatic heterocycles.